The van der Waals surface area contributed by atoms with Crippen LogP contribution in [0.25, 0.3) is 0 Å². The van der Waals surface area contributed by atoms with Crippen molar-refractivity contribution in [2.24, 2.45) is 0 Å². The normalized spacial score (nSPS) is 10.2. The second-order valence-corrected chi connectivity index (χ2v) is 4.66. The SMILES string of the molecule is CCOc1cc(C=O)c(Cl)cc1OCc1ccccc1F. The summed E-state index contributed by atoms with van der Waals surface area (Å²) in [6, 6.07) is 9.35. The van der Waals surface area contributed by atoms with Crippen LogP contribution in [0.2, 0.25) is 5.02 Å². The third kappa shape index (κ3) is 3.73. The molecule has 2 aromatic carbocycles. The second kappa shape index (κ2) is 7.09. The summed E-state index contributed by atoms with van der Waals surface area (Å²) in [7, 11) is 0. The van der Waals surface area contributed by atoms with E-state index in [0.29, 0.717) is 35.5 Å². The van der Waals surface area contributed by atoms with Gasteiger partial charge < -0.3 is 9.47 Å². The first kappa shape index (κ1) is 15.3. The van der Waals surface area contributed by atoms with Gasteiger partial charge in [0.2, 0.25) is 0 Å². The fourth-order valence-corrected chi connectivity index (χ4v) is 1.99. The zero-order valence-electron chi connectivity index (χ0n) is 11.4. The largest absolute Gasteiger partial charge is 0.490 e. The minimum Gasteiger partial charge on any atom is -0.490 e. The molecule has 0 radical (unpaired) electrons. The Labute approximate surface area is 127 Å². The zero-order chi connectivity index (χ0) is 15.2. The van der Waals surface area contributed by atoms with E-state index in [9.17, 15) is 9.18 Å². The summed E-state index contributed by atoms with van der Waals surface area (Å²) in [4.78, 5) is 10.9. The van der Waals surface area contributed by atoms with Crippen LogP contribution in [-0.2, 0) is 6.61 Å². The number of carbonyl (C=O) groups is 1. The number of hydrogen-bond acceptors (Lipinski definition) is 3. The number of benzene rings is 2. The van der Waals surface area contributed by atoms with Gasteiger partial charge in [0, 0.05) is 17.2 Å². The molecular formula is C16H14ClFO3. The third-order valence-corrected chi connectivity index (χ3v) is 3.16. The summed E-state index contributed by atoms with van der Waals surface area (Å²) in [5.74, 6) is 0.433. The average molecular weight is 309 g/mol. The minimum absolute atomic E-state index is 0.0452. The fourth-order valence-electron chi connectivity index (χ4n) is 1.79. The molecule has 110 valence electrons. The average Bonchev–Trinajstić information content (AvgIpc) is 2.48. The van der Waals surface area contributed by atoms with Gasteiger partial charge in [0.25, 0.3) is 0 Å². The number of halogens is 2. The van der Waals surface area contributed by atoms with Gasteiger partial charge in [0.1, 0.15) is 12.4 Å². The zero-order valence-corrected chi connectivity index (χ0v) is 12.2. The number of hydrogen-bond donors (Lipinski definition) is 0. The van der Waals surface area contributed by atoms with Crippen LogP contribution in [0.3, 0.4) is 0 Å². The number of carbonyl (C=O) groups excluding carboxylic acids is 1. The highest BCUT2D eigenvalue weighted by molar-refractivity contribution is 6.33. The lowest BCUT2D eigenvalue weighted by Gasteiger charge is -2.13. The van der Waals surface area contributed by atoms with Crippen molar-refractivity contribution in [3.8, 4) is 11.5 Å². The van der Waals surface area contributed by atoms with E-state index in [4.69, 9.17) is 21.1 Å². The van der Waals surface area contributed by atoms with Gasteiger partial charge in [-0.25, -0.2) is 4.39 Å². The smallest absolute Gasteiger partial charge is 0.163 e. The standard InChI is InChI=1S/C16H14ClFO3/c1-2-20-15-7-12(9-19)13(17)8-16(15)21-10-11-5-3-4-6-14(11)18/h3-9H,2,10H2,1H3. The number of rotatable bonds is 6. The van der Waals surface area contributed by atoms with Crippen molar-refractivity contribution in [2.45, 2.75) is 13.5 Å². The Kier molecular flexibility index (Phi) is 5.17. The molecule has 2 rings (SSSR count). The first-order valence-corrected chi connectivity index (χ1v) is 6.81. The van der Waals surface area contributed by atoms with Crippen molar-refractivity contribution in [1.82, 2.24) is 0 Å². The monoisotopic (exact) mass is 308 g/mol. The van der Waals surface area contributed by atoms with Gasteiger partial charge in [-0.3, -0.25) is 4.79 Å². The molecule has 3 nitrogen and oxygen atoms in total. The molecule has 0 atom stereocenters. The summed E-state index contributed by atoms with van der Waals surface area (Å²) in [5.41, 5.74) is 0.744. The molecule has 0 N–H and O–H groups in total. The summed E-state index contributed by atoms with van der Waals surface area (Å²) in [6.45, 7) is 2.27. The van der Waals surface area contributed by atoms with Gasteiger partial charge in [-0.15, -0.1) is 0 Å². The van der Waals surface area contributed by atoms with E-state index in [2.05, 4.69) is 0 Å². The van der Waals surface area contributed by atoms with Crippen molar-refractivity contribution >= 4 is 17.9 Å². The van der Waals surface area contributed by atoms with Gasteiger partial charge in [-0.2, -0.15) is 0 Å². The van der Waals surface area contributed by atoms with Crippen LogP contribution < -0.4 is 9.47 Å². The predicted molar refractivity (Wildman–Crippen MR) is 78.7 cm³/mol. The fraction of sp³-hybridized carbons (Fsp3) is 0.188. The predicted octanol–water partition coefficient (Wildman–Crippen LogP) is 4.27. The summed E-state index contributed by atoms with van der Waals surface area (Å²) >= 11 is 5.97. The third-order valence-electron chi connectivity index (χ3n) is 2.83. The van der Waals surface area contributed by atoms with Crippen molar-refractivity contribution in [3.63, 3.8) is 0 Å². The van der Waals surface area contributed by atoms with E-state index in [1.165, 1.54) is 18.2 Å². The Morgan fingerprint density at radius 1 is 1.19 bits per heavy atom. The molecule has 0 spiro atoms. The van der Waals surface area contributed by atoms with Crippen LogP contribution >= 0.6 is 11.6 Å². The lowest BCUT2D eigenvalue weighted by Crippen LogP contribution is -2.02. The maximum Gasteiger partial charge on any atom is 0.163 e. The van der Waals surface area contributed by atoms with Crippen molar-refractivity contribution in [2.75, 3.05) is 6.61 Å². The Morgan fingerprint density at radius 3 is 2.57 bits per heavy atom. The Bertz CT molecular complexity index is 643. The highest BCUT2D eigenvalue weighted by Crippen LogP contribution is 2.33. The van der Waals surface area contributed by atoms with Gasteiger partial charge in [-0.1, -0.05) is 29.8 Å². The maximum absolute atomic E-state index is 13.6. The van der Waals surface area contributed by atoms with Crippen LogP contribution in [-0.4, -0.2) is 12.9 Å². The Balaban J connectivity index is 2.24. The topological polar surface area (TPSA) is 35.5 Å². The van der Waals surface area contributed by atoms with Crippen LogP contribution in [0, 0.1) is 5.82 Å². The van der Waals surface area contributed by atoms with Crippen LogP contribution in [0.4, 0.5) is 4.39 Å². The van der Waals surface area contributed by atoms with Crippen molar-refractivity contribution in [1.29, 1.82) is 0 Å². The highest BCUT2D eigenvalue weighted by atomic mass is 35.5. The summed E-state index contributed by atoms with van der Waals surface area (Å²) < 4.78 is 24.5. The summed E-state index contributed by atoms with van der Waals surface area (Å²) in [5, 5.41) is 0.261. The van der Waals surface area contributed by atoms with Crippen LogP contribution in [0.5, 0.6) is 11.5 Å². The van der Waals surface area contributed by atoms with Gasteiger partial charge in [0.05, 0.1) is 11.6 Å². The molecule has 0 amide bonds. The molecule has 0 bridgehead atoms. The molecule has 0 saturated carbocycles. The lowest BCUT2D eigenvalue weighted by atomic mass is 10.2. The molecule has 0 aliphatic carbocycles. The van der Waals surface area contributed by atoms with E-state index in [1.54, 1.807) is 18.2 Å². The first-order valence-electron chi connectivity index (χ1n) is 6.43. The molecular weight excluding hydrogens is 295 g/mol. The van der Waals surface area contributed by atoms with Crippen molar-refractivity contribution < 1.29 is 18.7 Å². The van der Waals surface area contributed by atoms with Crippen LogP contribution in [0.1, 0.15) is 22.8 Å². The number of aldehydes is 1. The maximum atomic E-state index is 13.6. The Hall–Kier alpha value is -2.07. The minimum atomic E-state index is -0.342. The summed E-state index contributed by atoms with van der Waals surface area (Å²) in [6.07, 6.45) is 0.644. The van der Waals surface area contributed by atoms with Gasteiger partial charge in [-0.05, 0) is 19.1 Å². The molecule has 0 saturated heterocycles. The van der Waals surface area contributed by atoms with E-state index in [1.807, 2.05) is 6.92 Å². The first-order chi connectivity index (χ1) is 10.2. The lowest BCUT2D eigenvalue weighted by molar-refractivity contribution is 0.112. The highest BCUT2D eigenvalue weighted by Gasteiger charge is 2.12. The van der Waals surface area contributed by atoms with E-state index in [0.717, 1.165) is 0 Å². The van der Waals surface area contributed by atoms with Crippen LogP contribution in [0.15, 0.2) is 36.4 Å². The molecule has 0 unspecified atom stereocenters. The molecule has 0 heterocycles. The van der Waals surface area contributed by atoms with E-state index < -0.39 is 0 Å². The van der Waals surface area contributed by atoms with Gasteiger partial charge >= 0.3 is 0 Å². The number of ether oxygens (including phenoxy) is 2. The quantitative estimate of drug-likeness (QED) is 0.748. The Morgan fingerprint density at radius 2 is 1.90 bits per heavy atom. The molecule has 2 aromatic rings. The molecule has 0 aliphatic heterocycles. The second-order valence-electron chi connectivity index (χ2n) is 4.25. The molecule has 5 heteroatoms. The van der Waals surface area contributed by atoms with E-state index >= 15 is 0 Å². The van der Waals surface area contributed by atoms with E-state index in [-0.39, 0.29) is 17.4 Å². The molecule has 0 fully saturated rings. The molecule has 21 heavy (non-hydrogen) atoms. The molecule has 0 aromatic heterocycles. The van der Waals surface area contributed by atoms with Gasteiger partial charge in [0.15, 0.2) is 17.8 Å². The van der Waals surface area contributed by atoms with Crippen molar-refractivity contribution in [3.05, 3.63) is 58.4 Å². The molecule has 0 aliphatic rings.